The molecule has 1 heteroatoms. The minimum atomic E-state index is -0.410. The van der Waals surface area contributed by atoms with Crippen LogP contribution in [0.15, 0.2) is 0 Å². The molecule has 0 spiro atoms. The molecule has 0 bridgehead atoms. The van der Waals surface area contributed by atoms with Gasteiger partial charge in [0.05, 0.1) is 5.60 Å². The fraction of sp³-hybridized carbons (Fsp3) is 1.00. The van der Waals surface area contributed by atoms with Gasteiger partial charge in [0.2, 0.25) is 0 Å². The van der Waals surface area contributed by atoms with E-state index >= 15 is 0 Å². The molecule has 0 amide bonds. The summed E-state index contributed by atoms with van der Waals surface area (Å²) in [6.45, 7) is 9.66. The van der Waals surface area contributed by atoms with E-state index in [9.17, 15) is 5.11 Å². The molecule has 4 aliphatic rings. The molecule has 4 rings (SSSR count). The zero-order valence-electron chi connectivity index (χ0n) is 15.9. The van der Waals surface area contributed by atoms with E-state index < -0.39 is 5.60 Å². The smallest absolute Gasteiger partial charge is 0.0726 e. The van der Waals surface area contributed by atoms with E-state index in [1.54, 1.807) is 0 Å². The highest BCUT2D eigenvalue weighted by molar-refractivity contribution is 5.15. The Balaban J connectivity index is 1.67. The van der Waals surface area contributed by atoms with Gasteiger partial charge in [-0.25, -0.2) is 0 Å². The first kappa shape index (κ1) is 16.4. The fourth-order valence-electron chi connectivity index (χ4n) is 8.48. The predicted octanol–water partition coefficient (Wildman–Crippen LogP) is 5.81. The molecule has 0 aliphatic heterocycles. The van der Waals surface area contributed by atoms with Crippen LogP contribution >= 0.6 is 0 Å². The lowest BCUT2D eigenvalue weighted by atomic mass is 9.44. The lowest BCUT2D eigenvalue weighted by molar-refractivity contribution is -0.158. The Labute approximate surface area is 143 Å². The molecule has 1 unspecified atom stereocenters. The third kappa shape index (κ3) is 1.95. The standard InChI is InChI=1S/C22H38O/c1-5-22(23)15(2)14-19-17-10-9-16-8-6-7-12-20(16,3)18(17)11-13-21(19,22)4/h15-19,23H,5-14H2,1-4H3/t15-,16?,17+,18-,19-,20-,21-,22+/m0/s1. The predicted molar refractivity (Wildman–Crippen MR) is 96.1 cm³/mol. The second-order valence-corrected chi connectivity index (χ2v) is 10.3. The molecule has 0 heterocycles. The molecule has 0 aromatic rings. The Kier molecular flexibility index (Phi) is 3.73. The molecule has 0 saturated heterocycles. The van der Waals surface area contributed by atoms with Crippen LogP contribution in [0.1, 0.15) is 91.9 Å². The van der Waals surface area contributed by atoms with E-state index in [0.29, 0.717) is 11.3 Å². The molecule has 1 nitrogen and oxygen atoms in total. The molecule has 1 N–H and O–H groups in total. The molecular weight excluding hydrogens is 280 g/mol. The van der Waals surface area contributed by atoms with Crippen LogP contribution < -0.4 is 0 Å². The summed E-state index contributed by atoms with van der Waals surface area (Å²) in [6, 6.07) is 0. The monoisotopic (exact) mass is 318 g/mol. The summed E-state index contributed by atoms with van der Waals surface area (Å²) >= 11 is 0. The molecule has 0 radical (unpaired) electrons. The second kappa shape index (κ2) is 5.23. The van der Waals surface area contributed by atoms with Crippen molar-refractivity contribution in [2.45, 2.75) is 97.5 Å². The van der Waals surface area contributed by atoms with Gasteiger partial charge in [-0.15, -0.1) is 0 Å². The number of hydrogen-bond acceptors (Lipinski definition) is 1. The van der Waals surface area contributed by atoms with Gasteiger partial charge in [0.1, 0.15) is 0 Å². The summed E-state index contributed by atoms with van der Waals surface area (Å²) in [5.74, 6) is 4.12. The summed E-state index contributed by atoms with van der Waals surface area (Å²) < 4.78 is 0. The van der Waals surface area contributed by atoms with Gasteiger partial charge < -0.3 is 5.11 Å². The van der Waals surface area contributed by atoms with Gasteiger partial charge >= 0.3 is 0 Å². The largest absolute Gasteiger partial charge is 0.389 e. The van der Waals surface area contributed by atoms with Crippen molar-refractivity contribution in [2.75, 3.05) is 0 Å². The molecule has 4 fully saturated rings. The molecule has 4 aliphatic carbocycles. The molecular formula is C22H38O. The summed E-state index contributed by atoms with van der Waals surface area (Å²) in [6.07, 6.45) is 13.7. The Bertz CT molecular complexity index is 473. The first-order chi connectivity index (χ1) is 10.9. The molecule has 0 aromatic heterocycles. The molecule has 0 aromatic carbocycles. The Morgan fingerprint density at radius 3 is 2.48 bits per heavy atom. The normalized spacial score (nSPS) is 59.1. The van der Waals surface area contributed by atoms with E-state index in [2.05, 4.69) is 27.7 Å². The van der Waals surface area contributed by atoms with Gasteiger partial charge in [0.15, 0.2) is 0 Å². The molecule has 132 valence electrons. The zero-order valence-corrected chi connectivity index (χ0v) is 15.9. The summed E-state index contributed by atoms with van der Waals surface area (Å²) in [4.78, 5) is 0. The van der Waals surface area contributed by atoms with Crippen LogP contribution in [0.3, 0.4) is 0 Å². The van der Waals surface area contributed by atoms with Gasteiger partial charge in [-0.05, 0) is 91.8 Å². The van der Waals surface area contributed by atoms with Crippen LogP contribution in [-0.2, 0) is 0 Å². The fourth-order valence-corrected chi connectivity index (χ4v) is 8.48. The molecule has 23 heavy (non-hydrogen) atoms. The quantitative estimate of drug-likeness (QED) is 0.647. The van der Waals surface area contributed by atoms with Crippen LogP contribution in [0, 0.1) is 40.4 Å². The van der Waals surface area contributed by atoms with E-state index in [1.165, 1.54) is 57.8 Å². The SMILES string of the molecule is CC[C@@]1(O)[C@@H](C)C[C@H]2[C@@H]3CCC4CCCC[C@]4(C)[C@H]3CC[C@@]21C. The van der Waals surface area contributed by atoms with Crippen LogP contribution in [0.25, 0.3) is 0 Å². The van der Waals surface area contributed by atoms with E-state index in [1.807, 2.05) is 0 Å². The van der Waals surface area contributed by atoms with Crippen LogP contribution in [0.4, 0.5) is 0 Å². The van der Waals surface area contributed by atoms with Crippen LogP contribution in [0.2, 0.25) is 0 Å². The van der Waals surface area contributed by atoms with Gasteiger partial charge in [0, 0.05) is 0 Å². The van der Waals surface area contributed by atoms with E-state index in [4.69, 9.17) is 0 Å². The van der Waals surface area contributed by atoms with Crippen molar-refractivity contribution < 1.29 is 5.11 Å². The van der Waals surface area contributed by atoms with Gasteiger partial charge in [0.25, 0.3) is 0 Å². The maximum Gasteiger partial charge on any atom is 0.0726 e. The first-order valence-electron chi connectivity index (χ1n) is 10.6. The van der Waals surface area contributed by atoms with Gasteiger partial charge in [-0.1, -0.05) is 40.5 Å². The van der Waals surface area contributed by atoms with Gasteiger partial charge in [-0.3, -0.25) is 0 Å². The Morgan fingerprint density at radius 1 is 0.957 bits per heavy atom. The Morgan fingerprint density at radius 2 is 1.74 bits per heavy atom. The highest BCUT2D eigenvalue weighted by Gasteiger charge is 2.65. The number of aliphatic hydroxyl groups is 1. The maximum atomic E-state index is 11.5. The van der Waals surface area contributed by atoms with Crippen molar-refractivity contribution in [2.24, 2.45) is 40.4 Å². The Hall–Kier alpha value is -0.0400. The van der Waals surface area contributed by atoms with Crippen LogP contribution in [-0.4, -0.2) is 10.7 Å². The number of hydrogen-bond donors (Lipinski definition) is 1. The van der Waals surface area contributed by atoms with Crippen LogP contribution in [0.5, 0.6) is 0 Å². The van der Waals surface area contributed by atoms with Crippen molar-refractivity contribution in [1.29, 1.82) is 0 Å². The third-order valence-corrected chi connectivity index (χ3v) is 9.92. The number of fused-ring (bicyclic) bond motifs is 5. The van der Waals surface area contributed by atoms with Crippen molar-refractivity contribution in [3.63, 3.8) is 0 Å². The van der Waals surface area contributed by atoms with Crippen molar-refractivity contribution in [3.05, 3.63) is 0 Å². The summed E-state index contributed by atoms with van der Waals surface area (Å²) in [5, 5.41) is 11.5. The highest BCUT2D eigenvalue weighted by Crippen LogP contribution is 2.69. The van der Waals surface area contributed by atoms with Crippen molar-refractivity contribution >= 4 is 0 Å². The average Bonchev–Trinajstić information content (AvgIpc) is 2.75. The minimum absolute atomic E-state index is 0.181. The van der Waals surface area contributed by atoms with Gasteiger partial charge in [-0.2, -0.15) is 0 Å². The van der Waals surface area contributed by atoms with E-state index in [0.717, 1.165) is 30.1 Å². The zero-order chi connectivity index (χ0) is 16.5. The van der Waals surface area contributed by atoms with Crippen molar-refractivity contribution in [3.8, 4) is 0 Å². The average molecular weight is 319 g/mol. The summed E-state index contributed by atoms with van der Waals surface area (Å²) in [7, 11) is 0. The summed E-state index contributed by atoms with van der Waals surface area (Å²) in [5.41, 5.74) is 0.395. The van der Waals surface area contributed by atoms with E-state index in [-0.39, 0.29) is 5.41 Å². The lowest BCUT2D eigenvalue weighted by Crippen LogP contribution is -2.56. The topological polar surface area (TPSA) is 20.2 Å². The minimum Gasteiger partial charge on any atom is -0.389 e. The molecule has 4 saturated carbocycles. The third-order valence-electron chi connectivity index (χ3n) is 9.92. The highest BCUT2D eigenvalue weighted by atomic mass is 16.3. The molecule has 8 atom stereocenters. The maximum absolute atomic E-state index is 11.5. The second-order valence-electron chi connectivity index (χ2n) is 10.3. The number of rotatable bonds is 1. The first-order valence-corrected chi connectivity index (χ1v) is 10.6. The lowest BCUT2D eigenvalue weighted by Gasteiger charge is -2.61. The van der Waals surface area contributed by atoms with Crippen molar-refractivity contribution in [1.82, 2.24) is 0 Å².